The van der Waals surface area contributed by atoms with Gasteiger partial charge in [-0.25, -0.2) is 0 Å². The molecular weight excluding hydrogens is 336 g/mol. The maximum absolute atomic E-state index is 12.4. The van der Waals surface area contributed by atoms with Gasteiger partial charge in [0.2, 0.25) is 5.91 Å². The normalized spacial score (nSPS) is 12.7. The van der Waals surface area contributed by atoms with Crippen molar-refractivity contribution in [1.29, 1.82) is 0 Å². The number of pyridine rings is 1. The number of nitrogen functional groups attached to an aromatic ring is 1. The van der Waals surface area contributed by atoms with E-state index < -0.39 is 17.4 Å². The van der Waals surface area contributed by atoms with E-state index in [2.05, 4.69) is 10.6 Å². The van der Waals surface area contributed by atoms with Crippen LogP contribution in [-0.2, 0) is 4.79 Å². The van der Waals surface area contributed by atoms with E-state index in [0.717, 1.165) is 23.5 Å². The molecule has 1 aromatic heterocycles. The number of rotatable bonds is 5. The third-order valence-electron chi connectivity index (χ3n) is 4.10. The third-order valence-corrected chi connectivity index (χ3v) is 4.10. The summed E-state index contributed by atoms with van der Waals surface area (Å²) in [5, 5.41) is 4.88. The Morgan fingerprint density at radius 2 is 1.96 bits per heavy atom. The lowest BCUT2D eigenvalue weighted by molar-refractivity contribution is -0.116. The van der Waals surface area contributed by atoms with Crippen LogP contribution in [0.3, 0.4) is 0 Å². The molecule has 1 aliphatic heterocycles. The minimum absolute atomic E-state index is 0.0213. The first-order valence-corrected chi connectivity index (χ1v) is 8.24. The van der Waals surface area contributed by atoms with E-state index in [1.165, 1.54) is 0 Å². The lowest BCUT2D eigenvalue weighted by Crippen LogP contribution is -2.24. The summed E-state index contributed by atoms with van der Waals surface area (Å²) in [7, 11) is 0. The van der Waals surface area contributed by atoms with Gasteiger partial charge < -0.3 is 11.1 Å². The molecule has 8 heteroatoms. The fraction of sp³-hybridized carbons (Fsp3) is 0.222. The number of carbonyl (C=O) groups excluding carboxylic acids is 3. The number of unbranched alkanes of at least 4 members (excludes halogenated alkanes) is 1. The van der Waals surface area contributed by atoms with Crippen LogP contribution in [0.1, 0.15) is 46.9 Å². The maximum atomic E-state index is 12.4. The van der Waals surface area contributed by atoms with Crippen molar-refractivity contribution in [1.82, 2.24) is 9.88 Å². The maximum Gasteiger partial charge on any atom is 0.262 e. The van der Waals surface area contributed by atoms with Crippen LogP contribution in [0, 0.1) is 0 Å². The number of aromatic nitrogens is 1. The van der Waals surface area contributed by atoms with E-state index in [0.29, 0.717) is 17.8 Å². The van der Waals surface area contributed by atoms with Crippen molar-refractivity contribution in [2.24, 2.45) is 0 Å². The first-order chi connectivity index (χ1) is 12.4. The second kappa shape index (κ2) is 6.83. The van der Waals surface area contributed by atoms with Crippen LogP contribution in [-0.4, -0.2) is 22.3 Å². The summed E-state index contributed by atoms with van der Waals surface area (Å²) >= 11 is 0. The Morgan fingerprint density at radius 3 is 2.69 bits per heavy atom. The summed E-state index contributed by atoms with van der Waals surface area (Å²) in [5.74, 6) is -1.52. The fourth-order valence-electron chi connectivity index (χ4n) is 2.83. The number of fused-ring (bicyclic) bond motifs is 1. The molecule has 0 aliphatic carbocycles. The second-order valence-corrected chi connectivity index (χ2v) is 5.98. The summed E-state index contributed by atoms with van der Waals surface area (Å²) in [6.45, 7) is 2.00. The lowest BCUT2D eigenvalue weighted by Gasteiger charge is -2.13. The molecule has 0 fully saturated rings. The van der Waals surface area contributed by atoms with E-state index in [4.69, 9.17) is 5.73 Å². The standard InChI is InChI=1S/C18H18N4O4/c1-2-3-7-13(23)20-10-5-4-6-11(8-10)22-14(24)9-12-15(16(22)19)18(26)21-17(12)25/h4-6,8-9H,2-3,7,19H2,1H3,(H,20,23)(H,21,25,26). The summed E-state index contributed by atoms with van der Waals surface area (Å²) in [4.78, 5) is 47.9. The van der Waals surface area contributed by atoms with E-state index in [1.54, 1.807) is 24.3 Å². The molecule has 134 valence electrons. The quantitative estimate of drug-likeness (QED) is 0.701. The molecule has 0 bridgehead atoms. The van der Waals surface area contributed by atoms with Crippen molar-refractivity contribution in [2.75, 3.05) is 11.1 Å². The number of hydrogen-bond donors (Lipinski definition) is 3. The summed E-state index contributed by atoms with van der Waals surface area (Å²) < 4.78 is 1.14. The fourth-order valence-corrected chi connectivity index (χ4v) is 2.83. The van der Waals surface area contributed by atoms with Crippen LogP contribution in [0.4, 0.5) is 11.5 Å². The van der Waals surface area contributed by atoms with Gasteiger partial charge in [-0.05, 0) is 24.6 Å². The number of benzene rings is 1. The number of nitrogens with zero attached hydrogens (tertiary/aromatic N) is 1. The van der Waals surface area contributed by atoms with Crippen molar-refractivity contribution in [3.8, 4) is 5.69 Å². The number of carbonyl (C=O) groups is 3. The molecule has 0 unspecified atom stereocenters. The number of imide groups is 1. The monoisotopic (exact) mass is 354 g/mol. The topological polar surface area (TPSA) is 123 Å². The van der Waals surface area contributed by atoms with Gasteiger partial charge in [0, 0.05) is 18.2 Å². The van der Waals surface area contributed by atoms with E-state index in [-0.39, 0.29) is 22.9 Å². The molecule has 1 aliphatic rings. The molecule has 2 aromatic rings. The molecule has 8 nitrogen and oxygen atoms in total. The average Bonchev–Trinajstić information content (AvgIpc) is 2.87. The van der Waals surface area contributed by atoms with E-state index >= 15 is 0 Å². The molecule has 1 aromatic carbocycles. The van der Waals surface area contributed by atoms with Crippen molar-refractivity contribution in [2.45, 2.75) is 26.2 Å². The van der Waals surface area contributed by atoms with Crippen LogP contribution in [0.15, 0.2) is 35.1 Å². The zero-order valence-corrected chi connectivity index (χ0v) is 14.2. The van der Waals surface area contributed by atoms with Gasteiger partial charge in [0.05, 0.1) is 16.8 Å². The van der Waals surface area contributed by atoms with E-state index in [1.807, 2.05) is 6.92 Å². The van der Waals surface area contributed by atoms with Gasteiger partial charge in [0.15, 0.2) is 0 Å². The van der Waals surface area contributed by atoms with Gasteiger partial charge in [-0.15, -0.1) is 0 Å². The van der Waals surface area contributed by atoms with Crippen molar-refractivity contribution in [3.05, 3.63) is 51.8 Å². The zero-order valence-electron chi connectivity index (χ0n) is 14.2. The average molecular weight is 354 g/mol. The highest BCUT2D eigenvalue weighted by Crippen LogP contribution is 2.24. The Labute approximate surface area is 149 Å². The van der Waals surface area contributed by atoms with Crippen LogP contribution in [0.5, 0.6) is 0 Å². The van der Waals surface area contributed by atoms with Crippen LogP contribution >= 0.6 is 0 Å². The molecule has 0 saturated carbocycles. The Bertz CT molecular complexity index is 978. The molecule has 0 atom stereocenters. The molecule has 2 heterocycles. The van der Waals surface area contributed by atoms with Crippen molar-refractivity contribution < 1.29 is 14.4 Å². The van der Waals surface area contributed by atoms with E-state index in [9.17, 15) is 19.2 Å². The molecule has 3 rings (SSSR count). The van der Waals surface area contributed by atoms with Gasteiger partial charge in [-0.3, -0.25) is 29.1 Å². The minimum Gasteiger partial charge on any atom is -0.384 e. The predicted molar refractivity (Wildman–Crippen MR) is 96.4 cm³/mol. The van der Waals surface area contributed by atoms with Crippen LogP contribution < -0.4 is 21.9 Å². The molecule has 0 radical (unpaired) electrons. The Balaban J connectivity index is 2.01. The largest absolute Gasteiger partial charge is 0.384 e. The molecular formula is C18H18N4O4. The van der Waals surface area contributed by atoms with Gasteiger partial charge in [0.25, 0.3) is 17.4 Å². The Kier molecular flexibility index (Phi) is 4.57. The third kappa shape index (κ3) is 3.08. The summed E-state index contributed by atoms with van der Waals surface area (Å²) in [6, 6.07) is 7.65. The Morgan fingerprint density at radius 1 is 1.19 bits per heavy atom. The summed E-state index contributed by atoms with van der Waals surface area (Å²) in [5.41, 5.74) is 6.30. The number of hydrogen-bond acceptors (Lipinski definition) is 5. The first kappa shape index (κ1) is 17.4. The lowest BCUT2D eigenvalue weighted by atomic mass is 10.1. The highest BCUT2D eigenvalue weighted by Gasteiger charge is 2.31. The highest BCUT2D eigenvalue weighted by molar-refractivity contribution is 6.23. The summed E-state index contributed by atoms with van der Waals surface area (Å²) in [6.07, 6.45) is 2.10. The predicted octanol–water partition coefficient (Wildman–Crippen LogP) is 1.43. The SMILES string of the molecule is CCCCC(=O)Nc1cccc(-n2c(N)c3c(cc2=O)C(=O)NC3=O)c1. The molecule has 3 amide bonds. The minimum atomic E-state index is -0.641. The number of anilines is 2. The molecule has 0 saturated heterocycles. The highest BCUT2D eigenvalue weighted by atomic mass is 16.2. The van der Waals surface area contributed by atoms with Crippen molar-refractivity contribution in [3.63, 3.8) is 0 Å². The number of nitrogens with one attached hydrogen (secondary N) is 2. The molecule has 0 spiro atoms. The van der Waals surface area contributed by atoms with Gasteiger partial charge in [-0.2, -0.15) is 0 Å². The van der Waals surface area contributed by atoms with Gasteiger partial charge >= 0.3 is 0 Å². The smallest absolute Gasteiger partial charge is 0.262 e. The number of amides is 3. The zero-order chi connectivity index (χ0) is 18.8. The van der Waals surface area contributed by atoms with Crippen LogP contribution in [0.2, 0.25) is 0 Å². The number of nitrogens with two attached hydrogens (primary N) is 1. The molecule has 4 N–H and O–H groups in total. The van der Waals surface area contributed by atoms with Gasteiger partial charge in [-0.1, -0.05) is 19.4 Å². The van der Waals surface area contributed by atoms with Crippen molar-refractivity contribution >= 4 is 29.2 Å². The Hall–Kier alpha value is -3.42. The first-order valence-electron chi connectivity index (χ1n) is 8.24. The van der Waals surface area contributed by atoms with Gasteiger partial charge in [0.1, 0.15) is 5.82 Å². The molecule has 26 heavy (non-hydrogen) atoms. The second-order valence-electron chi connectivity index (χ2n) is 5.98. The van der Waals surface area contributed by atoms with Crippen LogP contribution in [0.25, 0.3) is 5.69 Å².